The lowest BCUT2D eigenvalue weighted by atomic mass is 9.86. The molecule has 3 nitrogen and oxygen atoms in total. The second-order valence-electron chi connectivity index (χ2n) is 5.19. The first-order valence-corrected chi connectivity index (χ1v) is 6.76. The molecule has 1 aromatic carbocycles. The lowest BCUT2D eigenvalue weighted by Gasteiger charge is -2.29. The van der Waals surface area contributed by atoms with E-state index in [9.17, 15) is 9.18 Å². The number of amides is 1. The molecule has 1 amide bonds. The highest BCUT2D eigenvalue weighted by Crippen LogP contribution is 2.24. The zero-order valence-corrected chi connectivity index (χ0v) is 11.4. The Hall–Kier alpha value is -1.58. The fourth-order valence-corrected chi connectivity index (χ4v) is 2.59. The number of ether oxygens (including phenoxy) is 1. The van der Waals surface area contributed by atoms with Gasteiger partial charge in [0.25, 0.3) is 5.91 Å². The molecule has 1 fully saturated rings. The minimum absolute atomic E-state index is 0.155. The van der Waals surface area contributed by atoms with Crippen LogP contribution in [0.15, 0.2) is 18.2 Å². The van der Waals surface area contributed by atoms with Gasteiger partial charge in [0.05, 0.1) is 7.11 Å². The van der Waals surface area contributed by atoms with Crippen LogP contribution in [0.3, 0.4) is 0 Å². The molecule has 0 aliphatic heterocycles. The zero-order chi connectivity index (χ0) is 13.8. The molecule has 0 heterocycles. The number of nitrogens with one attached hydrogen (secondary N) is 1. The van der Waals surface area contributed by atoms with E-state index in [4.69, 9.17) is 4.74 Å². The number of hydrogen-bond acceptors (Lipinski definition) is 2. The van der Waals surface area contributed by atoms with Crippen LogP contribution < -0.4 is 10.1 Å². The molecular weight excluding hydrogens is 245 g/mol. The van der Waals surface area contributed by atoms with E-state index in [0.717, 1.165) is 19.3 Å². The number of halogens is 1. The van der Waals surface area contributed by atoms with Crippen LogP contribution in [0.2, 0.25) is 0 Å². The van der Waals surface area contributed by atoms with Gasteiger partial charge in [0, 0.05) is 11.6 Å². The normalized spacial score (nSPS) is 22.9. The summed E-state index contributed by atoms with van der Waals surface area (Å²) in [6.45, 7) is 2.15. The van der Waals surface area contributed by atoms with Gasteiger partial charge >= 0.3 is 0 Å². The van der Waals surface area contributed by atoms with Crippen molar-refractivity contribution in [1.82, 2.24) is 5.32 Å². The molecule has 19 heavy (non-hydrogen) atoms. The first kappa shape index (κ1) is 13.8. The summed E-state index contributed by atoms with van der Waals surface area (Å²) in [5, 5.41) is 3.00. The SMILES string of the molecule is COc1ccc(C(=O)N[C@H]2CCCC[C@H]2C)cc1F. The summed E-state index contributed by atoms with van der Waals surface area (Å²) < 4.78 is 18.4. The van der Waals surface area contributed by atoms with Gasteiger partial charge in [0.2, 0.25) is 0 Å². The number of carbonyl (C=O) groups excluding carboxylic acids is 1. The third-order valence-corrected chi connectivity index (χ3v) is 3.84. The second kappa shape index (κ2) is 6.04. The predicted molar refractivity (Wildman–Crippen MR) is 71.8 cm³/mol. The summed E-state index contributed by atoms with van der Waals surface area (Å²) in [6.07, 6.45) is 4.52. The average Bonchev–Trinajstić information content (AvgIpc) is 2.41. The van der Waals surface area contributed by atoms with Crippen molar-refractivity contribution in [2.45, 2.75) is 38.6 Å². The molecule has 1 saturated carbocycles. The molecule has 0 saturated heterocycles. The molecule has 0 spiro atoms. The molecule has 1 aromatic rings. The third kappa shape index (κ3) is 3.25. The number of carbonyl (C=O) groups is 1. The number of hydrogen-bond donors (Lipinski definition) is 1. The van der Waals surface area contributed by atoms with Crippen molar-refractivity contribution in [2.24, 2.45) is 5.92 Å². The average molecular weight is 265 g/mol. The molecule has 4 heteroatoms. The van der Waals surface area contributed by atoms with Gasteiger partial charge in [-0.1, -0.05) is 19.8 Å². The standard InChI is InChI=1S/C15H20FNO2/c1-10-5-3-4-6-13(10)17-15(18)11-7-8-14(19-2)12(16)9-11/h7-10,13H,3-6H2,1-2H3,(H,17,18)/t10-,13+/m1/s1. The Morgan fingerprint density at radius 1 is 1.37 bits per heavy atom. The fourth-order valence-electron chi connectivity index (χ4n) is 2.59. The number of benzene rings is 1. The maximum absolute atomic E-state index is 13.6. The van der Waals surface area contributed by atoms with Gasteiger partial charge in [-0.05, 0) is 37.0 Å². The predicted octanol–water partition coefficient (Wildman–Crippen LogP) is 3.14. The molecule has 2 atom stereocenters. The Balaban J connectivity index is 2.05. The van der Waals surface area contributed by atoms with Crippen LogP contribution in [0, 0.1) is 11.7 Å². The summed E-state index contributed by atoms with van der Waals surface area (Å²) in [5.74, 6) is -0.0736. The zero-order valence-electron chi connectivity index (χ0n) is 11.4. The molecule has 0 bridgehead atoms. The fraction of sp³-hybridized carbons (Fsp3) is 0.533. The van der Waals surface area contributed by atoms with E-state index in [1.165, 1.54) is 25.7 Å². The summed E-state index contributed by atoms with van der Waals surface area (Å²) >= 11 is 0. The highest BCUT2D eigenvalue weighted by molar-refractivity contribution is 5.94. The lowest BCUT2D eigenvalue weighted by molar-refractivity contribution is 0.0909. The first-order chi connectivity index (χ1) is 9.11. The van der Waals surface area contributed by atoms with Gasteiger partial charge in [-0.3, -0.25) is 4.79 Å². The van der Waals surface area contributed by atoms with Crippen molar-refractivity contribution in [1.29, 1.82) is 0 Å². The van der Waals surface area contributed by atoms with Crippen molar-refractivity contribution >= 4 is 5.91 Å². The molecule has 1 aliphatic rings. The van der Waals surface area contributed by atoms with Crippen molar-refractivity contribution in [3.8, 4) is 5.75 Å². The second-order valence-corrected chi connectivity index (χ2v) is 5.19. The number of rotatable bonds is 3. The van der Waals surface area contributed by atoms with E-state index in [2.05, 4.69) is 12.2 Å². The van der Waals surface area contributed by atoms with Crippen molar-refractivity contribution in [3.63, 3.8) is 0 Å². The van der Waals surface area contributed by atoms with Crippen LogP contribution in [0.25, 0.3) is 0 Å². The third-order valence-electron chi connectivity index (χ3n) is 3.84. The first-order valence-electron chi connectivity index (χ1n) is 6.76. The van der Waals surface area contributed by atoms with E-state index in [1.54, 1.807) is 6.07 Å². The van der Waals surface area contributed by atoms with E-state index < -0.39 is 5.82 Å². The van der Waals surface area contributed by atoms with Crippen molar-refractivity contribution < 1.29 is 13.9 Å². The Kier molecular flexibility index (Phi) is 4.40. The summed E-state index contributed by atoms with van der Waals surface area (Å²) in [7, 11) is 1.40. The van der Waals surface area contributed by atoms with Crippen LogP contribution in [-0.4, -0.2) is 19.1 Å². The Labute approximate surface area is 113 Å². The van der Waals surface area contributed by atoms with Crippen molar-refractivity contribution in [3.05, 3.63) is 29.6 Å². The quantitative estimate of drug-likeness (QED) is 0.911. The minimum atomic E-state index is -0.508. The van der Waals surface area contributed by atoms with Crippen LogP contribution >= 0.6 is 0 Å². The maximum Gasteiger partial charge on any atom is 0.251 e. The molecule has 0 unspecified atom stereocenters. The Morgan fingerprint density at radius 2 is 2.11 bits per heavy atom. The van der Waals surface area contributed by atoms with Gasteiger partial charge in [0.1, 0.15) is 0 Å². The molecular formula is C15H20FNO2. The van der Waals surface area contributed by atoms with Crippen LogP contribution in [-0.2, 0) is 0 Å². The van der Waals surface area contributed by atoms with E-state index >= 15 is 0 Å². The van der Waals surface area contributed by atoms with Gasteiger partial charge in [-0.2, -0.15) is 0 Å². The largest absolute Gasteiger partial charge is 0.494 e. The molecule has 1 N–H and O–H groups in total. The van der Waals surface area contributed by atoms with Gasteiger partial charge in [0.15, 0.2) is 11.6 Å². The Bertz CT molecular complexity index is 461. The topological polar surface area (TPSA) is 38.3 Å². The molecule has 0 aromatic heterocycles. The monoisotopic (exact) mass is 265 g/mol. The molecule has 1 aliphatic carbocycles. The van der Waals surface area contributed by atoms with Crippen LogP contribution in [0.4, 0.5) is 4.39 Å². The molecule has 104 valence electrons. The lowest BCUT2D eigenvalue weighted by Crippen LogP contribution is -2.41. The van der Waals surface area contributed by atoms with Crippen LogP contribution in [0.1, 0.15) is 43.0 Å². The number of methoxy groups -OCH3 is 1. The van der Waals surface area contributed by atoms with Gasteiger partial charge in [-0.15, -0.1) is 0 Å². The van der Waals surface area contributed by atoms with Crippen LogP contribution in [0.5, 0.6) is 5.75 Å². The smallest absolute Gasteiger partial charge is 0.251 e. The van der Waals surface area contributed by atoms with E-state index in [1.807, 2.05) is 0 Å². The Morgan fingerprint density at radius 3 is 2.74 bits per heavy atom. The molecule has 2 rings (SSSR count). The van der Waals surface area contributed by atoms with E-state index in [0.29, 0.717) is 11.5 Å². The maximum atomic E-state index is 13.6. The van der Waals surface area contributed by atoms with E-state index in [-0.39, 0.29) is 17.7 Å². The minimum Gasteiger partial charge on any atom is -0.494 e. The highest BCUT2D eigenvalue weighted by Gasteiger charge is 2.23. The van der Waals surface area contributed by atoms with Gasteiger partial charge < -0.3 is 10.1 Å². The summed E-state index contributed by atoms with van der Waals surface area (Å²) in [6, 6.07) is 4.49. The highest BCUT2D eigenvalue weighted by atomic mass is 19.1. The van der Waals surface area contributed by atoms with Gasteiger partial charge in [-0.25, -0.2) is 4.39 Å². The molecule has 0 radical (unpaired) electrons. The summed E-state index contributed by atoms with van der Waals surface area (Å²) in [5.41, 5.74) is 0.344. The van der Waals surface area contributed by atoms with Crippen molar-refractivity contribution in [2.75, 3.05) is 7.11 Å². The summed E-state index contributed by atoms with van der Waals surface area (Å²) in [4.78, 5) is 12.1.